The Bertz CT molecular complexity index is 1240. The first kappa shape index (κ1) is 23.8. The van der Waals surface area contributed by atoms with Crippen molar-refractivity contribution in [2.24, 2.45) is 0 Å². The van der Waals surface area contributed by atoms with Crippen molar-refractivity contribution in [3.63, 3.8) is 0 Å². The molecule has 4 rings (SSSR count). The summed E-state index contributed by atoms with van der Waals surface area (Å²) in [4.78, 5) is 54.5. The first-order chi connectivity index (χ1) is 15.8. The van der Waals surface area contributed by atoms with Crippen molar-refractivity contribution in [1.82, 2.24) is 4.90 Å². The number of carbonyl (C=O) groups excluding carboxylic acids is 4. The van der Waals surface area contributed by atoms with Crippen LogP contribution in [0.1, 0.15) is 38.3 Å². The number of hydrogen-bond acceptors (Lipinski definition) is 5. The molecule has 2 aromatic rings. The molecule has 0 aromatic heterocycles. The Morgan fingerprint density at radius 1 is 1.03 bits per heavy atom. The number of hydrogen-bond donors (Lipinski definition) is 0. The van der Waals surface area contributed by atoms with E-state index in [0.717, 1.165) is 21.9 Å². The van der Waals surface area contributed by atoms with E-state index in [1.165, 1.54) is 24.3 Å². The van der Waals surface area contributed by atoms with Gasteiger partial charge in [0.25, 0.3) is 0 Å². The van der Waals surface area contributed by atoms with Crippen LogP contribution in [0.2, 0.25) is 5.02 Å². The number of halogens is 3. The summed E-state index contributed by atoms with van der Waals surface area (Å²) in [6, 6.07) is 7.47. The Morgan fingerprint density at radius 3 is 2.35 bits per heavy atom. The second-order valence-electron chi connectivity index (χ2n) is 9.25. The highest BCUT2D eigenvalue weighted by Crippen LogP contribution is 2.49. The quantitative estimate of drug-likeness (QED) is 0.372. The Morgan fingerprint density at radius 2 is 1.71 bits per heavy atom. The smallest absolute Gasteiger partial charge is 0.326 e. The SMILES string of the molecule is CC(C)(C)OC(=O)CN1C(=O)C2(CC(=O)N(Cc3ccc(F)c(F)c3)C2=O)c2cc(Cl)ccc21. The van der Waals surface area contributed by atoms with Crippen LogP contribution in [0.5, 0.6) is 0 Å². The van der Waals surface area contributed by atoms with Crippen LogP contribution in [0.25, 0.3) is 0 Å². The van der Waals surface area contributed by atoms with Crippen LogP contribution >= 0.6 is 11.6 Å². The summed E-state index contributed by atoms with van der Waals surface area (Å²) in [7, 11) is 0. The largest absolute Gasteiger partial charge is 0.459 e. The first-order valence-electron chi connectivity index (χ1n) is 10.5. The van der Waals surface area contributed by atoms with Crippen molar-refractivity contribution in [2.75, 3.05) is 11.4 Å². The van der Waals surface area contributed by atoms with Gasteiger partial charge in [-0.1, -0.05) is 17.7 Å². The third-order valence-electron chi connectivity index (χ3n) is 5.68. The lowest BCUT2D eigenvalue weighted by atomic mass is 9.80. The summed E-state index contributed by atoms with van der Waals surface area (Å²) in [5, 5.41) is 0.240. The van der Waals surface area contributed by atoms with Gasteiger partial charge in [0.2, 0.25) is 17.7 Å². The number of ether oxygens (including phenoxy) is 1. The lowest BCUT2D eigenvalue weighted by Gasteiger charge is -2.24. The number of likely N-dealkylation sites (tertiary alicyclic amines) is 1. The van der Waals surface area contributed by atoms with E-state index in [4.69, 9.17) is 16.3 Å². The fourth-order valence-corrected chi connectivity index (χ4v) is 4.47. The number of rotatable bonds is 4. The number of carbonyl (C=O) groups is 4. The van der Waals surface area contributed by atoms with Crippen LogP contribution in [0.15, 0.2) is 36.4 Å². The van der Waals surface area contributed by atoms with Crippen molar-refractivity contribution in [3.05, 3.63) is 64.2 Å². The minimum absolute atomic E-state index is 0.181. The zero-order valence-corrected chi connectivity index (χ0v) is 19.4. The van der Waals surface area contributed by atoms with E-state index in [2.05, 4.69) is 0 Å². The van der Waals surface area contributed by atoms with E-state index in [1.807, 2.05) is 0 Å². The van der Waals surface area contributed by atoms with Crippen LogP contribution in [0.4, 0.5) is 14.5 Å². The van der Waals surface area contributed by atoms with Gasteiger partial charge in [0.05, 0.1) is 13.0 Å². The molecule has 2 aromatic carbocycles. The molecule has 34 heavy (non-hydrogen) atoms. The molecule has 0 aliphatic carbocycles. The fraction of sp³-hybridized carbons (Fsp3) is 0.333. The Labute approximate surface area is 199 Å². The minimum Gasteiger partial charge on any atom is -0.459 e. The lowest BCUT2D eigenvalue weighted by molar-refractivity contribution is -0.154. The highest BCUT2D eigenvalue weighted by atomic mass is 35.5. The average Bonchev–Trinajstić information content (AvgIpc) is 3.10. The highest BCUT2D eigenvalue weighted by molar-refractivity contribution is 6.32. The van der Waals surface area contributed by atoms with Gasteiger partial charge in [0.1, 0.15) is 12.1 Å². The number of anilines is 1. The standard InChI is InChI=1S/C24H21ClF2N2O5/c1-23(2,3)34-20(31)12-28-18-7-5-14(25)9-15(18)24(21(28)32)10-19(30)29(22(24)33)11-13-4-6-16(26)17(27)8-13/h4-9H,10-12H2,1-3H3. The van der Waals surface area contributed by atoms with Crippen LogP contribution in [-0.2, 0) is 35.9 Å². The number of fused-ring (bicyclic) bond motifs is 2. The molecule has 2 aliphatic heterocycles. The van der Waals surface area contributed by atoms with Crippen molar-refractivity contribution < 1.29 is 32.7 Å². The number of nitrogens with zero attached hydrogens (tertiary/aromatic N) is 2. The van der Waals surface area contributed by atoms with Crippen molar-refractivity contribution >= 4 is 41.0 Å². The predicted octanol–water partition coefficient (Wildman–Crippen LogP) is 3.50. The summed E-state index contributed by atoms with van der Waals surface area (Å²) in [6.07, 6.45) is -0.480. The van der Waals surface area contributed by atoms with Crippen molar-refractivity contribution in [2.45, 2.75) is 44.8 Å². The molecular formula is C24H21ClF2N2O5. The summed E-state index contributed by atoms with van der Waals surface area (Å²) in [5.41, 5.74) is -2.03. The average molecular weight is 491 g/mol. The molecule has 0 saturated carbocycles. The third-order valence-corrected chi connectivity index (χ3v) is 5.91. The molecule has 178 valence electrons. The zero-order valence-electron chi connectivity index (χ0n) is 18.7. The van der Waals surface area contributed by atoms with Crippen LogP contribution in [0, 0.1) is 11.6 Å². The van der Waals surface area contributed by atoms with Crippen LogP contribution in [0.3, 0.4) is 0 Å². The van der Waals surface area contributed by atoms with Gasteiger partial charge >= 0.3 is 5.97 Å². The first-order valence-corrected chi connectivity index (χ1v) is 10.8. The van der Waals surface area contributed by atoms with Gasteiger partial charge in [0, 0.05) is 16.3 Å². The molecule has 1 unspecified atom stereocenters. The van der Waals surface area contributed by atoms with E-state index in [1.54, 1.807) is 20.8 Å². The summed E-state index contributed by atoms with van der Waals surface area (Å²) in [6.45, 7) is 4.24. The topological polar surface area (TPSA) is 84.0 Å². The molecule has 1 saturated heterocycles. The Hall–Kier alpha value is -3.33. The Kier molecular flexibility index (Phi) is 5.72. The van der Waals surface area contributed by atoms with Crippen molar-refractivity contribution in [3.8, 4) is 0 Å². The van der Waals surface area contributed by atoms with E-state index < -0.39 is 59.3 Å². The summed E-state index contributed by atoms with van der Waals surface area (Å²) < 4.78 is 32.3. The highest BCUT2D eigenvalue weighted by Gasteiger charge is 2.64. The molecule has 0 N–H and O–H groups in total. The monoisotopic (exact) mass is 490 g/mol. The summed E-state index contributed by atoms with van der Waals surface area (Å²) >= 11 is 6.15. The third kappa shape index (κ3) is 3.94. The van der Waals surface area contributed by atoms with Gasteiger partial charge in [0.15, 0.2) is 17.0 Å². The second kappa shape index (κ2) is 8.16. The number of benzene rings is 2. The number of amides is 3. The van der Waals surface area contributed by atoms with Crippen LogP contribution < -0.4 is 4.90 Å². The zero-order chi connectivity index (χ0) is 25.0. The summed E-state index contributed by atoms with van der Waals surface area (Å²) in [5.74, 6) is -5.10. The molecule has 2 aliphatic rings. The molecule has 1 spiro atoms. The van der Waals surface area contributed by atoms with E-state index in [9.17, 15) is 28.0 Å². The number of esters is 1. The van der Waals surface area contributed by atoms with Crippen molar-refractivity contribution in [1.29, 1.82) is 0 Å². The number of imide groups is 1. The molecule has 2 heterocycles. The van der Waals surface area contributed by atoms with Gasteiger partial charge in [-0.3, -0.25) is 29.0 Å². The van der Waals surface area contributed by atoms with Crippen LogP contribution in [-0.4, -0.2) is 40.7 Å². The van der Waals surface area contributed by atoms with Gasteiger partial charge < -0.3 is 4.74 Å². The molecule has 3 amide bonds. The molecule has 10 heteroatoms. The molecule has 1 fully saturated rings. The molecule has 0 bridgehead atoms. The lowest BCUT2D eigenvalue weighted by Crippen LogP contribution is -2.48. The Balaban J connectivity index is 1.71. The molecule has 1 atom stereocenters. The van der Waals surface area contributed by atoms with Gasteiger partial charge in [-0.05, 0) is 56.7 Å². The fourth-order valence-electron chi connectivity index (χ4n) is 4.30. The molecule has 7 nitrogen and oxygen atoms in total. The van der Waals surface area contributed by atoms with Gasteiger partial charge in [-0.15, -0.1) is 0 Å². The molecule has 0 radical (unpaired) electrons. The van der Waals surface area contributed by atoms with Gasteiger partial charge in [-0.2, -0.15) is 0 Å². The normalized spacial score (nSPS) is 19.9. The predicted molar refractivity (Wildman–Crippen MR) is 118 cm³/mol. The second-order valence-corrected chi connectivity index (χ2v) is 9.69. The maximum absolute atomic E-state index is 13.7. The minimum atomic E-state index is -1.90. The van der Waals surface area contributed by atoms with E-state index in [-0.39, 0.29) is 28.4 Å². The maximum Gasteiger partial charge on any atom is 0.326 e. The maximum atomic E-state index is 13.7. The van der Waals surface area contributed by atoms with Gasteiger partial charge in [-0.25, -0.2) is 8.78 Å². The van der Waals surface area contributed by atoms with E-state index >= 15 is 0 Å². The van der Waals surface area contributed by atoms with E-state index in [0.29, 0.717) is 0 Å². The molecular weight excluding hydrogens is 470 g/mol.